The van der Waals surface area contributed by atoms with Crippen molar-refractivity contribution in [3.63, 3.8) is 0 Å². The molecule has 0 fully saturated rings. The van der Waals surface area contributed by atoms with Gasteiger partial charge in [-0.25, -0.2) is 4.98 Å². The van der Waals surface area contributed by atoms with Gasteiger partial charge in [0.2, 0.25) is 0 Å². The lowest BCUT2D eigenvalue weighted by atomic mass is 10.3. The van der Waals surface area contributed by atoms with Crippen molar-refractivity contribution in [2.45, 2.75) is 6.29 Å². The van der Waals surface area contributed by atoms with E-state index in [4.69, 9.17) is 5.73 Å². The Labute approximate surface area is 74.4 Å². The fraction of sp³-hybridized carbons (Fsp3) is 0.143. The van der Waals surface area contributed by atoms with Crippen LogP contribution in [0.25, 0.3) is 0 Å². The van der Waals surface area contributed by atoms with Gasteiger partial charge in [0.05, 0.1) is 6.33 Å². The third kappa shape index (κ3) is 0.994. The van der Waals surface area contributed by atoms with E-state index in [1.807, 2.05) is 0 Å². The Morgan fingerprint density at radius 2 is 2.54 bits per heavy atom. The second-order valence-corrected chi connectivity index (χ2v) is 2.61. The van der Waals surface area contributed by atoms with Crippen molar-refractivity contribution in [2.24, 2.45) is 5.73 Å². The molecule has 6 heteroatoms. The number of nitrogens with zero attached hydrogens (tertiary/aromatic N) is 2. The van der Waals surface area contributed by atoms with Crippen molar-refractivity contribution >= 4 is 11.7 Å². The number of carbonyl (C=O) groups is 1. The Morgan fingerprint density at radius 1 is 1.77 bits per heavy atom. The monoisotopic (exact) mass is 179 g/mol. The van der Waals surface area contributed by atoms with Crippen molar-refractivity contribution < 1.29 is 4.79 Å². The SMILES string of the molecule is C=CN1c2nc[nH]c2C(=O)NC1N. The molecule has 2 rings (SSSR count). The Balaban J connectivity index is 2.51. The van der Waals surface area contributed by atoms with Gasteiger partial charge in [0, 0.05) is 6.20 Å². The van der Waals surface area contributed by atoms with Gasteiger partial charge in [0.1, 0.15) is 5.69 Å². The van der Waals surface area contributed by atoms with Crippen LogP contribution in [0.4, 0.5) is 5.82 Å². The van der Waals surface area contributed by atoms with Gasteiger partial charge in [-0.3, -0.25) is 15.4 Å². The average molecular weight is 179 g/mol. The summed E-state index contributed by atoms with van der Waals surface area (Å²) in [6, 6.07) is 0. The molecule has 0 aromatic carbocycles. The predicted molar refractivity (Wildman–Crippen MR) is 46.7 cm³/mol. The molecule has 13 heavy (non-hydrogen) atoms. The first-order valence-electron chi connectivity index (χ1n) is 3.74. The number of hydrogen-bond acceptors (Lipinski definition) is 4. The molecule has 68 valence electrons. The minimum absolute atomic E-state index is 0.252. The summed E-state index contributed by atoms with van der Waals surface area (Å²) < 4.78 is 0. The van der Waals surface area contributed by atoms with Crippen molar-refractivity contribution in [3.05, 3.63) is 24.8 Å². The summed E-state index contributed by atoms with van der Waals surface area (Å²) in [5, 5.41) is 2.54. The van der Waals surface area contributed by atoms with Crippen LogP contribution < -0.4 is 16.0 Å². The van der Waals surface area contributed by atoms with Crippen molar-refractivity contribution in [1.29, 1.82) is 0 Å². The molecule has 0 saturated carbocycles. The molecular weight excluding hydrogens is 170 g/mol. The highest BCUT2D eigenvalue weighted by atomic mass is 16.2. The summed E-state index contributed by atoms with van der Waals surface area (Å²) in [5.41, 5.74) is 6.03. The molecule has 4 N–H and O–H groups in total. The lowest BCUT2D eigenvalue weighted by Crippen LogP contribution is -2.56. The number of aromatic nitrogens is 2. The van der Waals surface area contributed by atoms with E-state index >= 15 is 0 Å². The molecule has 0 spiro atoms. The first-order chi connectivity index (χ1) is 6.24. The Morgan fingerprint density at radius 3 is 3.23 bits per heavy atom. The third-order valence-electron chi connectivity index (χ3n) is 1.87. The minimum atomic E-state index is -0.596. The zero-order valence-electron chi connectivity index (χ0n) is 6.82. The van der Waals surface area contributed by atoms with E-state index in [9.17, 15) is 4.79 Å². The maximum atomic E-state index is 11.3. The van der Waals surface area contributed by atoms with Gasteiger partial charge in [-0.05, 0) is 0 Å². The first kappa shape index (κ1) is 7.81. The van der Waals surface area contributed by atoms with Gasteiger partial charge in [0.25, 0.3) is 5.91 Å². The number of amides is 1. The number of nitrogens with one attached hydrogen (secondary N) is 2. The maximum absolute atomic E-state index is 11.3. The Hall–Kier alpha value is -1.82. The Kier molecular flexibility index (Phi) is 1.56. The largest absolute Gasteiger partial charge is 0.339 e. The molecule has 1 amide bonds. The van der Waals surface area contributed by atoms with Gasteiger partial charge in [-0.1, -0.05) is 6.58 Å². The molecule has 0 saturated heterocycles. The predicted octanol–water partition coefficient (Wildman–Crippen LogP) is -0.655. The highest BCUT2D eigenvalue weighted by Crippen LogP contribution is 2.20. The number of anilines is 1. The van der Waals surface area contributed by atoms with Crippen molar-refractivity contribution in [3.8, 4) is 0 Å². The third-order valence-corrected chi connectivity index (χ3v) is 1.87. The minimum Gasteiger partial charge on any atom is -0.339 e. The smallest absolute Gasteiger partial charge is 0.274 e. The fourth-order valence-corrected chi connectivity index (χ4v) is 1.26. The van der Waals surface area contributed by atoms with E-state index in [1.54, 1.807) is 4.90 Å². The summed E-state index contributed by atoms with van der Waals surface area (Å²) in [5.74, 6) is 0.254. The van der Waals surface area contributed by atoms with E-state index < -0.39 is 6.29 Å². The van der Waals surface area contributed by atoms with Crippen LogP contribution in [0.2, 0.25) is 0 Å². The quantitative estimate of drug-likeness (QED) is 0.534. The van der Waals surface area contributed by atoms with Gasteiger partial charge in [0.15, 0.2) is 12.1 Å². The normalized spacial score (nSPS) is 20.8. The van der Waals surface area contributed by atoms with E-state index in [-0.39, 0.29) is 5.91 Å². The standard InChI is InChI=1S/C7H9N5O/c1-2-12-5-4(9-3-10-5)6(13)11-7(12)8/h2-3,7H,1,8H2,(H,9,10)(H,11,13). The van der Waals surface area contributed by atoms with E-state index in [0.29, 0.717) is 11.5 Å². The molecule has 0 radical (unpaired) electrons. The van der Waals surface area contributed by atoms with Crippen LogP contribution in [0.5, 0.6) is 0 Å². The van der Waals surface area contributed by atoms with Crippen LogP contribution in [0.3, 0.4) is 0 Å². The fourth-order valence-electron chi connectivity index (χ4n) is 1.26. The van der Waals surface area contributed by atoms with Crippen LogP contribution in [-0.4, -0.2) is 22.2 Å². The first-order valence-corrected chi connectivity index (χ1v) is 3.74. The topological polar surface area (TPSA) is 87.0 Å². The van der Waals surface area contributed by atoms with E-state index in [0.717, 1.165) is 0 Å². The maximum Gasteiger partial charge on any atom is 0.274 e. The molecule has 1 unspecified atom stereocenters. The number of aromatic amines is 1. The average Bonchev–Trinajstić information content (AvgIpc) is 2.53. The second kappa shape index (κ2) is 2.60. The van der Waals surface area contributed by atoms with Crippen LogP contribution in [-0.2, 0) is 0 Å². The molecule has 1 aromatic rings. The molecule has 1 aromatic heterocycles. The molecule has 2 heterocycles. The van der Waals surface area contributed by atoms with Crippen LogP contribution in [0.1, 0.15) is 10.5 Å². The molecule has 1 aliphatic heterocycles. The molecule has 0 aliphatic carbocycles. The van der Waals surface area contributed by atoms with Crippen LogP contribution in [0.15, 0.2) is 19.1 Å². The lowest BCUT2D eigenvalue weighted by Gasteiger charge is -2.30. The van der Waals surface area contributed by atoms with Crippen molar-refractivity contribution in [1.82, 2.24) is 15.3 Å². The number of nitrogens with two attached hydrogens (primary N) is 1. The van der Waals surface area contributed by atoms with Crippen LogP contribution >= 0.6 is 0 Å². The molecule has 1 aliphatic rings. The molecule has 0 bridgehead atoms. The summed E-state index contributed by atoms with van der Waals surface area (Å²) in [6.45, 7) is 3.58. The molecule has 6 nitrogen and oxygen atoms in total. The summed E-state index contributed by atoms with van der Waals surface area (Å²) in [7, 11) is 0. The van der Waals surface area contributed by atoms with E-state index in [2.05, 4.69) is 21.9 Å². The number of H-pyrrole nitrogens is 1. The van der Waals surface area contributed by atoms with Gasteiger partial charge < -0.3 is 10.3 Å². The Bertz CT molecular complexity index is 358. The molecular formula is C7H9N5O. The number of hydrogen-bond donors (Lipinski definition) is 3. The highest BCUT2D eigenvalue weighted by molar-refractivity contribution is 5.99. The number of imidazole rings is 1. The molecule has 1 atom stereocenters. The van der Waals surface area contributed by atoms with Crippen molar-refractivity contribution in [2.75, 3.05) is 4.90 Å². The number of carbonyl (C=O) groups excluding carboxylic acids is 1. The summed E-state index contributed by atoms with van der Waals surface area (Å²) in [6.07, 6.45) is 2.36. The van der Waals surface area contributed by atoms with Gasteiger partial charge in [-0.2, -0.15) is 0 Å². The van der Waals surface area contributed by atoms with Gasteiger partial charge in [-0.15, -0.1) is 0 Å². The van der Waals surface area contributed by atoms with Gasteiger partial charge >= 0.3 is 0 Å². The lowest BCUT2D eigenvalue weighted by molar-refractivity contribution is 0.0926. The number of rotatable bonds is 1. The van der Waals surface area contributed by atoms with Crippen LogP contribution in [0, 0.1) is 0 Å². The zero-order chi connectivity index (χ0) is 9.42. The van der Waals surface area contributed by atoms with E-state index in [1.165, 1.54) is 12.5 Å². The second-order valence-electron chi connectivity index (χ2n) is 2.61. The summed E-state index contributed by atoms with van der Waals surface area (Å²) in [4.78, 5) is 19.6. The highest BCUT2D eigenvalue weighted by Gasteiger charge is 2.28. The zero-order valence-corrected chi connectivity index (χ0v) is 6.82. The number of fused-ring (bicyclic) bond motifs is 1. The summed E-state index contributed by atoms with van der Waals surface area (Å²) >= 11 is 0.